The monoisotopic (exact) mass is 382 g/mol. The smallest absolute Gasteiger partial charge is 0.338 e. The van der Waals surface area contributed by atoms with Gasteiger partial charge < -0.3 is 9.72 Å². The van der Waals surface area contributed by atoms with Crippen LogP contribution in [0.4, 0.5) is 0 Å². The maximum atomic E-state index is 12.8. The Kier molecular flexibility index (Phi) is 5.07. The first kappa shape index (κ1) is 17.9. The van der Waals surface area contributed by atoms with Crippen LogP contribution in [0.5, 0.6) is 0 Å². The molecule has 0 bridgehead atoms. The molecule has 5 nitrogen and oxygen atoms in total. The highest BCUT2D eigenvalue weighted by molar-refractivity contribution is 7.18. The van der Waals surface area contributed by atoms with Gasteiger partial charge >= 0.3 is 5.97 Å². The zero-order valence-electron chi connectivity index (χ0n) is 15.3. The summed E-state index contributed by atoms with van der Waals surface area (Å²) in [5, 5.41) is 0.767. The number of hydrogen-bond donors (Lipinski definition) is 1. The first-order chi connectivity index (χ1) is 13.2. The lowest BCUT2D eigenvalue weighted by atomic mass is 9.98. The molecule has 1 aromatic carbocycles. The molecular formula is C21H22N2O3S. The average Bonchev–Trinajstić information content (AvgIpc) is 2.99. The van der Waals surface area contributed by atoms with E-state index in [2.05, 4.69) is 4.98 Å². The normalized spacial score (nSPS) is 14.4. The van der Waals surface area contributed by atoms with Crippen molar-refractivity contribution >= 4 is 27.5 Å². The molecule has 6 heteroatoms. The maximum absolute atomic E-state index is 12.8. The first-order valence-electron chi connectivity index (χ1n) is 9.49. The minimum absolute atomic E-state index is 0.0671. The summed E-state index contributed by atoms with van der Waals surface area (Å²) in [6.45, 7) is 2.12. The summed E-state index contributed by atoms with van der Waals surface area (Å²) in [4.78, 5) is 34.4. The van der Waals surface area contributed by atoms with Crippen LogP contribution < -0.4 is 5.56 Å². The zero-order chi connectivity index (χ0) is 18.8. The van der Waals surface area contributed by atoms with E-state index >= 15 is 0 Å². The lowest BCUT2D eigenvalue weighted by Gasteiger charge is -2.08. The Morgan fingerprint density at radius 1 is 1.15 bits per heavy atom. The molecule has 2 aromatic heterocycles. The van der Waals surface area contributed by atoms with Gasteiger partial charge in [0.1, 0.15) is 10.7 Å². The van der Waals surface area contributed by atoms with Gasteiger partial charge in [0.15, 0.2) is 0 Å². The molecule has 140 valence electrons. The van der Waals surface area contributed by atoms with Crippen molar-refractivity contribution in [3.63, 3.8) is 0 Å². The van der Waals surface area contributed by atoms with Crippen molar-refractivity contribution in [3.8, 4) is 11.4 Å². The Morgan fingerprint density at radius 3 is 2.63 bits per heavy atom. The van der Waals surface area contributed by atoms with E-state index in [0.29, 0.717) is 18.0 Å². The third-order valence-corrected chi connectivity index (χ3v) is 6.18. The van der Waals surface area contributed by atoms with Crippen LogP contribution in [0.15, 0.2) is 29.1 Å². The number of nitrogens with zero attached hydrogens (tertiary/aromatic N) is 1. The molecule has 0 saturated heterocycles. The number of carbonyl (C=O) groups excluding carboxylic acids is 1. The number of hydrogen-bond acceptors (Lipinski definition) is 5. The lowest BCUT2D eigenvalue weighted by molar-refractivity contribution is 0.0526. The predicted molar refractivity (Wildman–Crippen MR) is 108 cm³/mol. The lowest BCUT2D eigenvalue weighted by Crippen LogP contribution is -2.10. The summed E-state index contributed by atoms with van der Waals surface area (Å²) >= 11 is 1.65. The molecule has 0 amide bonds. The van der Waals surface area contributed by atoms with Gasteiger partial charge in [-0.25, -0.2) is 9.78 Å². The van der Waals surface area contributed by atoms with E-state index in [4.69, 9.17) is 9.72 Å². The van der Waals surface area contributed by atoms with Crippen LogP contribution in [0.1, 0.15) is 53.4 Å². The molecule has 27 heavy (non-hydrogen) atoms. The molecular weight excluding hydrogens is 360 g/mol. The van der Waals surface area contributed by atoms with Crippen LogP contribution in [-0.4, -0.2) is 22.5 Å². The quantitative estimate of drug-likeness (QED) is 0.678. The first-order valence-corrected chi connectivity index (χ1v) is 10.3. The minimum atomic E-state index is -0.348. The number of aromatic nitrogens is 2. The Hall–Kier alpha value is -2.47. The van der Waals surface area contributed by atoms with Crippen LogP contribution in [0, 0.1) is 0 Å². The minimum Gasteiger partial charge on any atom is -0.462 e. The third-order valence-electron chi connectivity index (χ3n) is 4.99. The predicted octanol–water partition coefficient (Wildman–Crippen LogP) is 4.49. The van der Waals surface area contributed by atoms with Gasteiger partial charge in [0.25, 0.3) is 5.56 Å². The zero-order valence-corrected chi connectivity index (χ0v) is 16.2. The number of fused-ring (bicyclic) bond motifs is 3. The number of esters is 1. The Bertz CT molecular complexity index is 1030. The van der Waals surface area contributed by atoms with Crippen molar-refractivity contribution in [2.45, 2.75) is 45.4 Å². The molecule has 4 rings (SSSR count). The van der Waals surface area contributed by atoms with E-state index in [9.17, 15) is 9.59 Å². The number of rotatable bonds is 3. The number of H-pyrrole nitrogens is 1. The molecule has 1 N–H and O–H groups in total. The highest BCUT2D eigenvalue weighted by Gasteiger charge is 2.19. The van der Waals surface area contributed by atoms with Crippen LogP contribution in [-0.2, 0) is 17.6 Å². The summed E-state index contributed by atoms with van der Waals surface area (Å²) in [5.41, 5.74) is 2.40. The summed E-state index contributed by atoms with van der Waals surface area (Å²) in [7, 11) is 0. The van der Waals surface area contributed by atoms with E-state index in [1.165, 1.54) is 29.7 Å². The molecule has 0 saturated carbocycles. The van der Waals surface area contributed by atoms with Crippen molar-refractivity contribution in [1.29, 1.82) is 0 Å². The van der Waals surface area contributed by atoms with Gasteiger partial charge in [-0.05, 0) is 50.3 Å². The largest absolute Gasteiger partial charge is 0.462 e. The fourth-order valence-electron chi connectivity index (χ4n) is 3.63. The van der Waals surface area contributed by atoms with Gasteiger partial charge in [0, 0.05) is 10.4 Å². The maximum Gasteiger partial charge on any atom is 0.338 e. The summed E-state index contributed by atoms with van der Waals surface area (Å²) < 4.78 is 5.01. The van der Waals surface area contributed by atoms with Gasteiger partial charge in [-0.2, -0.15) is 0 Å². The molecule has 1 aliphatic carbocycles. The summed E-state index contributed by atoms with van der Waals surface area (Å²) in [6, 6.07) is 6.98. The average molecular weight is 382 g/mol. The Labute approximate surface area is 161 Å². The van der Waals surface area contributed by atoms with E-state index in [-0.39, 0.29) is 11.5 Å². The number of nitrogens with one attached hydrogen (secondary N) is 1. The second-order valence-corrected chi connectivity index (χ2v) is 7.89. The molecule has 3 aromatic rings. The van der Waals surface area contributed by atoms with E-state index in [1.807, 2.05) is 0 Å². The standard InChI is InChI=1S/C21H22N2O3S/c1-2-26-21(25)14-11-9-13(10-12-14)18-22-19(24)17-15-7-5-3-4-6-8-16(15)27-20(17)23-18/h9-12H,2-8H2,1H3,(H,22,23,24). The van der Waals surface area contributed by atoms with E-state index in [1.54, 1.807) is 42.5 Å². The number of aryl methyl sites for hydroxylation is 2. The number of benzene rings is 1. The molecule has 0 atom stereocenters. The van der Waals surface area contributed by atoms with Crippen molar-refractivity contribution in [2.24, 2.45) is 0 Å². The van der Waals surface area contributed by atoms with Crippen LogP contribution in [0.25, 0.3) is 21.6 Å². The molecule has 0 aliphatic heterocycles. The topological polar surface area (TPSA) is 72.0 Å². The molecule has 1 aliphatic rings. The number of thiophene rings is 1. The number of aromatic amines is 1. The highest BCUT2D eigenvalue weighted by atomic mass is 32.1. The van der Waals surface area contributed by atoms with Crippen molar-refractivity contribution in [3.05, 3.63) is 50.6 Å². The Morgan fingerprint density at radius 2 is 1.89 bits per heavy atom. The van der Waals surface area contributed by atoms with Gasteiger partial charge in [0.2, 0.25) is 0 Å². The number of carbonyl (C=O) groups is 1. The van der Waals surface area contributed by atoms with Gasteiger partial charge in [-0.1, -0.05) is 25.0 Å². The fraction of sp³-hybridized carbons (Fsp3) is 0.381. The van der Waals surface area contributed by atoms with E-state index < -0.39 is 0 Å². The van der Waals surface area contributed by atoms with Crippen LogP contribution in [0.2, 0.25) is 0 Å². The number of ether oxygens (including phenoxy) is 1. The second kappa shape index (κ2) is 7.64. The van der Waals surface area contributed by atoms with Crippen LogP contribution in [0.3, 0.4) is 0 Å². The van der Waals surface area contributed by atoms with Crippen LogP contribution >= 0.6 is 11.3 Å². The highest BCUT2D eigenvalue weighted by Crippen LogP contribution is 2.33. The second-order valence-electron chi connectivity index (χ2n) is 6.81. The summed E-state index contributed by atoms with van der Waals surface area (Å²) in [5.74, 6) is 0.191. The third kappa shape index (κ3) is 3.54. The van der Waals surface area contributed by atoms with Crippen molar-refractivity contribution in [2.75, 3.05) is 6.61 Å². The molecule has 0 radical (unpaired) electrons. The van der Waals surface area contributed by atoms with Crippen molar-refractivity contribution < 1.29 is 9.53 Å². The SMILES string of the molecule is CCOC(=O)c1ccc(-c2nc3sc4c(c3c(=O)[nH]2)CCCCCC4)cc1. The van der Waals surface area contributed by atoms with Gasteiger partial charge in [0.05, 0.1) is 17.6 Å². The van der Waals surface area contributed by atoms with Gasteiger partial charge in [-0.3, -0.25) is 4.79 Å². The molecule has 0 unspecified atom stereocenters. The van der Waals surface area contributed by atoms with E-state index in [0.717, 1.165) is 35.0 Å². The molecule has 2 heterocycles. The Balaban J connectivity index is 1.73. The van der Waals surface area contributed by atoms with Crippen molar-refractivity contribution in [1.82, 2.24) is 9.97 Å². The molecule has 0 fully saturated rings. The molecule has 0 spiro atoms. The fourth-order valence-corrected chi connectivity index (χ4v) is 4.89. The summed E-state index contributed by atoms with van der Waals surface area (Å²) in [6.07, 6.45) is 6.81. The van der Waals surface area contributed by atoms with Gasteiger partial charge in [-0.15, -0.1) is 11.3 Å².